The van der Waals surface area contributed by atoms with E-state index in [0.717, 1.165) is 54.2 Å². The molecule has 4 nitrogen and oxygen atoms in total. The Balaban J connectivity index is 1.86. The van der Waals surface area contributed by atoms with Crippen LogP contribution in [0, 0.1) is 0 Å². The molecule has 0 radical (unpaired) electrons. The molecule has 2 aromatic heterocycles. The summed E-state index contributed by atoms with van der Waals surface area (Å²) in [7, 11) is 0. The van der Waals surface area contributed by atoms with Gasteiger partial charge in [-0.3, -0.25) is 0 Å². The van der Waals surface area contributed by atoms with E-state index < -0.39 is 0 Å². The Kier molecular flexibility index (Phi) is 3.09. The molecule has 21 heavy (non-hydrogen) atoms. The molecule has 4 rings (SSSR count). The van der Waals surface area contributed by atoms with Crippen molar-refractivity contribution in [3.63, 3.8) is 0 Å². The summed E-state index contributed by atoms with van der Waals surface area (Å²) in [6.45, 7) is 4.00. The SMILES string of the molecule is c1ccc(-c2cc(N3CCNCC3)c3occc3n2)cc1. The molecule has 3 aromatic rings. The zero-order chi connectivity index (χ0) is 14.1. The lowest BCUT2D eigenvalue weighted by molar-refractivity contribution is 0.579. The molecular formula is C17H17N3O. The summed E-state index contributed by atoms with van der Waals surface area (Å²) < 4.78 is 5.67. The lowest BCUT2D eigenvalue weighted by Crippen LogP contribution is -2.43. The molecule has 0 amide bonds. The van der Waals surface area contributed by atoms with Gasteiger partial charge in [0, 0.05) is 37.8 Å². The van der Waals surface area contributed by atoms with Crippen LogP contribution in [0.2, 0.25) is 0 Å². The van der Waals surface area contributed by atoms with Gasteiger partial charge in [0.15, 0.2) is 5.58 Å². The van der Waals surface area contributed by atoms with Crippen LogP contribution in [0.25, 0.3) is 22.4 Å². The topological polar surface area (TPSA) is 41.3 Å². The Labute approximate surface area is 123 Å². The average molecular weight is 279 g/mol. The van der Waals surface area contributed by atoms with Gasteiger partial charge in [-0.2, -0.15) is 0 Å². The fourth-order valence-electron chi connectivity index (χ4n) is 2.84. The third-order valence-corrected chi connectivity index (χ3v) is 3.92. The largest absolute Gasteiger partial charge is 0.460 e. The fourth-order valence-corrected chi connectivity index (χ4v) is 2.84. The summed E-state index contributed by atoms with van der Waals surface area (Å²) in [6, 6.07) is 14.4. The second-order valence-electron chi connectivity index (χ2n) is 5.26. The smallest absolute Gasteiger partial charge is 0.175 e. The highest BCUT2D eigenvalue weighted by atomic mass is 16.3. The highest BCUT2D eigenvalue weighted by Gasteiger charge is 2.17. The third kappa shape index (κ3) is 2.28. The molecule has 1 saturated heterocycles. The van der Waals surface area contributed by atoms with E-state index in [9.17, 15) is 0 Å². The maximum atomic E-state index is 5.67. The highest BCUT2D eigenvalue weighted by Crippen LogP contribution is 2.31. The summed E-state index contributed by atoms with van der Waals surface area (Å²) in [5.41, 5.74) is 5.09. The van der Waals surface area contributed by atoms with Crippen molar-refractivity contribution in [2.75, 3.05) is 31.1 Å². The van der Waals surface area contributed by atoms with Crippen molar-refractivity contribution < 1.29 is 4.42 Å². The standard InChI is InChI=1S/C17H17N3O/c1-2-4-13(5-3-1)15-12-16(20-9-7-18-8-10-20)17-14(19-15)6-11-21-17/h1-6,11-12,18H,7-10H2. The summed E-state index contributed by atoms with van der Waals surface area (Å²) in [5.74, 6) is 0. The quantitative estimate of drug-likeness (QED) is 0.783. The number of hydrogen-bond donors (Lipinski definition) is 1. The minimum atomic E-state index is 0.886. The van der Waals surface area contributed by atoms with Gasteiger partial charge in [0.1, 0.15) is 5.52 Å². The Morgan fingerprint density at radius 3 is 2.67 bits per heavy atom. The van der Waals surface area contributed by atoms with E-state index >= 15 is 0 Å². The second-order valence-corrected chi connectivity index (χ2v) is 5.26. The molecule has 0 unspecified atom stereocenters. The van der Waals surface area contributed by atoms with Gasteiger partial charge in [0.05, 0.1) is 17.6 Å². The Bertz CT molecular complexity index is 745. The van der Waals surface area contributed by atoms with Gasteiger partial charge in [-0.05, 0) is 6.07 Å². The van der Waals surface area contributed by atoms with Crippen molar-refractivity contribution >= 4 is 16.8 Å². The first-order chi connectivity index (χ1) is 10.4. The normalized spacial score (nSPS) is 15.5. The summed E-state index contributed by atoms with van der Waals surface area (Å²) in [6.07, 6.45) is 1.72. The molecular weight excluding hydrogens is 262 g/mol. The average Bonchev–Trinajstić information content (AvgIpc) is 3.04. The molecule has 106 valence electrons. The number of rotatable bonds is 2. The number of anilines is 1. The molecule has 0 aliphatic carbocycles. The number of aromatic nitrogens is 1. The van der Waals surface area contributed by atoms with Crippen LogP contribution >= 0.6 is 0 Å². The molecule has 4 heteroatoms. The Morgan fingerprint density at radius 1 is 1.05 bits per heavy atom. The number of nitrogens with one attached hydrogen (secondary N) is 1. The van der Waals surface area contributed by atoms with Crippen LogP contribution in [0.5, 0.6) is 0 Å². The number of fused-ring (bicyclic) bond motifs is 1. The highest BCUT2D eigenvalue weighted by molar-refractivity contribution is 5.89. The molecule has 1 N–H and O–H groups in total. The van der Waals surface area contributed by atoms with Crippen LogP contribution in [0.15, 0.2) is 53.1 Å². The maximum Gasteiger partial charge on any atom is 0.175 e. The van der Waals surface area contributed by atoms with Gasteiger partial charge >= 0.3 is 0 Å². The minimum Gasteiger partial charge on any atom is -0.460 e. The maximum absolute atomic E-state index is 5.67. The fraction of sp³-hybridized carbons (Fsp3) is 0.235. The first-order valence-corrected chi connectivity index (χ1v) is 7.31. The van der Waals surface area contributed by atoms with Crippen molar-refractivity contribution in [1.29, 1.82) is 0 Å². The predicted molar refractivity (Wildman–Crippen MR) is 84.5 cm³/mol. The first kappa shape index (κ1) is 12.4. The predicted octanol–water partition coefficient (Wildman–Crippen LogP) is 2.90. The third-order valence-electron chi connectivity index (χ3n) is 3.92. The van der Waals surface area contributed by atoms with Crippen molar-refractivity contribution in [3.8, 4) is 11.3 Å². The molecule has 1 aliphatic heterocycles. The molecule has 1 aromatic carbocycles. The monoisotopic (exact) mass is 279 g/mol. The zero-order valence-corrected chi connectivity index (χ0v) is 11.7. The molecule has 0 spiro atoms. The van der Waals surface area contributed by atoms with Gasteiger partial charge < -0.3 is 14.6 Å². The molecule has 0 atom stereocenters. The van der Waals surface area contributed by atoms with Crippen LogP contribution in [0.4, 0.5) is 5.69 Å². The van der Waals surface area contributed by atoms with E-state index in [0.29, 0.717) is 0 Å². The van der Waals surface area contributed by atoms with Gasteiger partial charge in [-0.15, -0.1) is 0 Å². The van der Waals surface area contributed by atoms with Gasteiger partial charge in [-0.25, -0.2) is 4.98 Å². The first-order valence-electron chi connectivity index (χ1n) is 7.31. The van der Waals surface area contributed by atoms with E-state index in [2.05, 4.69) is 28.4 Å². The zero-order valence-electron chi connectivity index (χ0n) is 11.7. The van der Waals surface area contributed by atoms with E-state index in [-0.39, 0.29) is 0 Å². The van der Waals surface area contributed by atoms with Crippen molar-refractivity contribution in [1.82, 2.24) is 10.3 Å². The second kappa shape index (κ2) is 5.22. The minimum absolute atomic E-state index is 0.886. The summed E-state index contributed by atoms with van der Waals surface area (Å²) >= 11 is 0. The van der Waals surface area contributed by atoms with E-state index in [1.54, 1.807) is 6.26 Å². The van der Waals surface area contributed by atoms with Crippen molar-refractivity contribution in [2.45, 2.75) is 0 Å². The van der Waals surface area contributed by atoms with E-state index in [1.165, 1.54) is 0 Å². The summed E-state index contributed by atoms with van der Waals surface area (Å²) in [4.78, 5) is 7.10. The van der Waals surface area contributed by atoms with Crippen molar-refractivity contribution in [3.05, 3.63) is 48.7 Å². The van der Waals surface area contributed by atoms with Gasteiger partial charge in [-0.1, -0.05) is 30.3 Å². The number of benzene rings is 1. The molecule has 0 saturated carbocycles. The Morgan fingerprint density at radius 2 is 1.86 bits per heavy atom. The molecule has 1 aliphatic rings. The molecule has 3 heterocycles. The van der Waals surface area contributed by atoms with E-state index in [1.807, 2.05) is 24.3 Å². The molecule has 0 bridgehead atoms. The number of furan rings is 1. The Hall–Kier alpha value is -2.33. The number of pyridine rings is 1. The lowest BCUT2D eigenvalue weighted by Gasteiger charge is -2.29. The number of nitrogens with zero attached hydrogens (tertiary/aromatic N) is 2. The van der Waals surface area contributed by atoms with Crippen LogP contribution < -0.4 is 10.2 Å². The van der Waals surface area contributed by atoms with E-state index in [4.69, 9.17) is 9.40 Å². The van der Waals surface area contributed by atoms with Crippen LogP contribution in [0.3, 0.4) is 0 Å². The van der Waals surface area contributed by atoms with Crippen molar-refractivity contribution in [2.24, 2.45) is 0 Å². The van der Waals surface area contributed by atoms with Crippen LogP contribution in [-0.4, -0.2) is 31.2 Å². The van der Waals surface area contributed by atoms with Gasteiger partial charge in [0.2, 0.25) is 0 Å². The summed E-state index contributed by atoms with van der Waals surface area (Å²) in [5, 5.41) is 3.38. The number of hydrogen-bond acceptors (Lipinski definition) is 4. The number of piperazine rings is 1. The van der Waals surface area contributed by atoms with Gasteiger partial charge in [0.25, 0.3) is 0 Å². The van der Waals surface area contributed by atoms with Crippen LogP contribution in [0.1, 0.15) is 0 Å². The lowest BCUT2D eigenvalue weighted by atomic mass is 10.1. The molecule has 1 fully saturated rings. The van der Waals surface area contributed by atoms with Crippen LogP contribution in [-0.2, 0) is 0 Å².